The largest absolute Gasteiger partial charge is 0.485 e. The van der Waals surface area contributed by atoms with Gasteiger partial charge in [-0.15, -0.1) is 11.3 Å². The molecular formula is C22H14O2S. The van der Waals surface area contributed by atoms with Crippen LogP contribution in [0.3, 0.4) is 0 Å². The van der Waals surface area contributed by atoms with E-state index in [1.807, 2.05) is 0 Å². The summed E-state index contributed by atoms with van der Waals surface area (Å²) in [6.45, 7) is 1.24. The summed E-state index contributed by atoms with van der Waals surface area (Å²) in [4.78, 5) is 1.16. The van der Waals surface area contributed by atoms with Crippen molar-refractivity contribution in [2.45, 2.75) is 0 Å². The van der Waals surface area contributed by atoms with Crippen LogP contribution in [0.15, 0.2) is 60.0 Å². The molecule has 6 rings (SSSR count). The van der Waals surface area contributed by atoms with Crippen LogP contribution in [-0.2, 0) is 0 Å². The van der Waals surface area contributed by atoms with Crippen molar-refractivity contribution in [3.63, 3.8) is 0 Å². The number of thiophene rings is 1. The standard InChI is InChI=1S/C22H14O2S/c1-2-13-4-5-15-7-9-17(16-8-6-14(3-1)19(13)20(15)16)22-21-18(12-25-22)23-10-11-24-21/h1-9,12H,10-11H2. The molecule has 0 aliphatic carbocycles. The van der Waals surface area contributed by atoms with Crippen LogP contribution in [0.2, 0.25) is 0 Å². The van der Waals surface area contributed by atoms with Crippen molar-refractivity contribution in [3.05, 3.63) is 60.0 Å². The molecule has 0 bridgehead atoms. The zero-order chi connectivity index (χ0) is 16.4. The van der Waals surface area contributed by atoms with E-state index < -0.39 is 0 Å². The number of ether oxygens (including phenoxy) is 2. The lowest BCUT2D eigenvalue weighted by atomic mass is 9.91. The highest BCUT2D eigenvalue weighted by atomic mass is 32.1. The quantitative estimate of drug-likeness (QED) is 0.344. The van der Waals surface area contributed by atoms with Gasteiger partial charge in [-0.05, 0) is 32.3 Å². The number of fused-ring (bicyclic) bond motifs is 1. The number of hydrogen-bond acceptors (Lipinski definition) is 3. The molecule has 5 aromatic rings. The van der Waals surface area contributed by atoms with E-state index in [-0.39, 0.29) is 0 Å². The highest BCUT2D eigenvalue weighted by Crippen LogP contribution is 2.48. The molecular weight excluding hydrogens is 328 g/mol. The van der Waals surface area contributed by atoms with E-state index in [9.17, 15) is 0 Å². The molecule has 3 heteroatoms. The molecule has 25 heavy (non-hydrogen) atoms. The first-order chi connectivity index (χ1) is 12.4. The molecule has 0 N–H and O–H groups in total. The van der Waals surface area contributed by atoms with Crippen molar-refractivity contribution in [1.82, 2.24) is 0 Å². The Labute approximate surface area is 148 Å². The Balaban J connectivity index is 1.75. The SMILES string of the molecule is c1cc2ccc3ccc(-c4scc5c4OCCO5)c4ccc(c1)c2c34. The van der Waals surface area contributed by atoms with Crippen molar-refractivity contribution in [2.75, 3.05) is 13.2 Å². The van der Waals surface area contributed by atoms with Crippen molar-refractivity contribution >= 4 is 43.7 Å². The molecule has 4 aromatic carbocycles. The van der Waals surface area contributed by atoms with Crippen LogP contribution < -0.4 is 9.47 Å². The smallest absolute Gasteiger partial charge is 0.179 e. The van der Waals surface area contributed by atoms with Gasteiger partial charge in [0, 0.05) is 10.9 Å². The third kappa shape index (κ3) is 1.79. The van der Waals surface area contributed by atoms with Gasteiger partial charge < -0.3 is 9.47 Å². The minimum atomic E-state index is 0.614. The van der Waals surface area contributed by atoms with E-state index in [0.29, 0.717) is 13.2 Å². The lowest BCUT2D eigenvalue weighted by Gasteiger charge is -2.17. The van der Waals surface area contributed by atoms with E-state index in [0.717, 1.165) is 16.4 Å². The Kier molecular flexibility index (Phi) is 2.63. The molecule has 120 valence electrons. The molecule has 0 unspecified atom stereocenters. The van der Waals surface area contributed by atoms with Gasteiger partial charge in [0.2, 0.25) is 0 Å². The summed E-state index contributed by atoms with van der Waals surface area (Å²) in [5.41, 5.74) is 1.22. The molecule has 1 aliphatic rings. The van der Waals surface area contributed by atoms with E-state index in [4.69, 9.17) is 9.47 Å². The van der Waals surface area contributed by atoms with Crippen molar-refractivity contribution < 1.29 is 9.47 Å². The van der Waals surface area contributed by atoms with Crippen LogP contribution in [0.5, 0.6) is 11.5 Å². The van der Waals surface area contributed by atoms with Gasteiger partial charge in [0.15, 0.2) is 11.5 Å². The molecule has 1 aromatic heterocycles. The highest BCUT2D eigenvalue weighted by Gasteiger charge is 2.22. The maximum absolute atomic E-state index is 5.92. The van der Waals surface area contributed by atoms with Crippen LogP contribution in [0.4, 0.5) is 0 Å². The Hall–Kier alpha value is -2.78. The Morgan fingerprint density at radius 2 is 1.44 bits per heavy atom. The van der Waals surface area contributed by atoms with E-state index in [1.165, 1.54) is 37.9 Å². The van der Waals surface area contributed by atoms with Crippen LogP contribution >= 0.6 is 11.3 Å². The fraction of sp³-hybridized carbons (Fsp3) is 0.0909. The molecule has 0 spiro atoms. The lowest BCUT2D eigenvalue weighted by molar-refractivity contribution is 0.174. The minimum absolute atomic E-state index is 0.614. The summed E-state index contributed by atoms with van der Waals surface area (Å²) < 4.78 is 11.7. The summed E-state index contributed by atoms with van der Waals surface area (Å²) in [7, 11) is 0. The maximum Gasteiger partial charge on any atom is 0.179 e. The highest BCUT2D eigenvalue weighted by molar-refractivity contribution is 7.14. The molecule has 1 aliphatic heterocycles. The Morgan fingerprint density at radius 1 is 0.720 bits per heavy atom. The van der Waals surface area contributed by atoms with Gasteiger partial charge in [-0.3, -0.25) is 0 Å². The minimum Gasteiger partial charge on any atom is -0.485 e. The van der Waals surface area contributed by atoms with E-state index in [1.54, 1.807) is 11.3 Å². The topological polar surface area (TPSA) is 18.5 Å². The molecule has 2 heterocycles. The Morgan fingerprint density at radius 3 is 2.32 bits per heavy atom. The van der Waals surface area contributed by atoms with Crippen LogP contribution in [0, 0.1) is 0 Å². The molecule has 0 atom stereocenters. The van der Waals surface area contributed by atoms with Gasteiger partial charge >= 0.3 is 0 Å². The second-order valence-electron chi connectivity index (χ2n) is 6.42. The summed E-state index contributed by atoms with van der Waals surface area (Å²) in [5, 5.41) is 9.89. The van der Waals surface area contributed by atoms with Crippen LogP contribution in [-0.4, -0.2) is 13.2 Å². The van der Waals surface area contributed by atoms with Crippen molar-refractivity contribution in [3.8, 4) is 21.9 Å². The zero-order valence-corrected chi connectivity index (χ0v) is 14.2. The van der Waals surface area contributed by atoms with Gasteiger partial charge in [0.25, 0.3) is 0 Å². The predicted octanol–water partition coefficient (Wildman–Crippen LogP) is 6.08. The van der Waals surface area contributed by atoms with Gasteiger partial charge in [-0.25, -0.2) is 0 Å². The summed E-state index contributed by atoms with van der Waals surface area (Å²) in [5.74, 6) is 1.77. The van der Waals surface area contributed by atoms with E-state index >= 15 is 0 Å². The first kappa shape index (κ1) is 13.5. The zero-order valence-electron chi connectivity index (χ0n) is 13.4. The van der Waals surface area contributed by atoms with E-state index in [2.05, 4.69) is 60.0 Å². The average molecular weight is 342 g/mol. The third-order valence-electron chi connectivity index (χ3n) is 5.07. The maximum atomic E-state index is 5.92. The fourth-order valence-electron chi connectivity index (χ4n) is 3.98. The monoisotopic (exact) mass is 342 g/mol. The Bertz CT molecular complexity index is 1240. The number of hydrogen-bond donors (Lipinski definition) is 0. The summed E-state index contributed by atoms with van der Waals surface area (Å²) in [6.07, 6.45) is 0. The van der Waals surface area contributed by atoms with Gasteiger partial charge in [-0.1, -0.05) is 54.6 Å². The molecule has 0 amide bonds. The molecule has 0 saturated carbocycles. The lowest BCUT2D eigenvalue weighted by Crippen LogP contribution is -2.14. The molecule has 0 radical (unpaired) electrons. The molecule has 0 fully saturated rings. The second kappa shape index (κ2) is 4.87. The van der Waals surface area contributed by atoms with Gasteiger partial charge in [-0.2, -0.15) is 0 Å². The number of benzene rings is 4. The van der Waals surface area contributed by atoms with Crippen molar-refractivity contribution in [1.29, 1.82) is 0 Å². The second-order valence-corrected chi connectivity index (χ2v) is 7.30. The van der Waals surface area contributed by atoms with Crippen LogP contribution in [0.1, 0.15) is 0 Å². The number of rotatable bonds is 1. The summed E-state index contributed by atoms with van der Waals surface area (Å²) >= 11 is 1.70. The average Bonchev–Trinajstić information content (AvgIpc) is 3.10. The first-order valence-electron chi connectivity index (χ1n) is 8.44. The fourth-order valence-corrected chi connectivity index (χ4v) is 4.95. The molecule has 0 saturated heterocycles. The normalized spacial score (nSPS) is 13.9. The summed E-state index contributed by atoms with van der Waals surface area (Å²) in [6, 6.07) is 19.9. The van der Waals surface area contributed by atoms with Crippen LogP contribution in [0.25, 0.3) is 42.8 Å². The van der Waals surface area contributed by atoms with Crippen molar-refractivity contribution in [2.24, 2.45) is 0 Å². The van der Waals surface area contributed by atoms with Gasteiger partial charge in [0.05, 0.1) is 4.88 Å². The van der Waals surface area contributed by atoms with Gasteiger partial charge in [0.1, 0.15) is 13.2 Å². The molecule has 2 nitrogen and oxygen atoms in total. The first-order valence-corrected chi connectivity index (χ1v) is 9.32. The predicted molar refractivity (Wildman–Crippen MR) is 104 cm³/mol. The third-order valence-corrected chi connectivity index (χ3v) is 6.05.